The number of hydrogen-bond donors (Lipinski definition) is 0. The van der Waals surface area contributed by atoms with Crippen molar-refractivity contribution in [2.75, 3.05) is 4.90 Å². The molecule has 2 amide bonds. The number of anilines is 1. The first-order valence-corrected chi connectivity index (χ1v) is 9.37. The molecular weight excluding hydrogens is 362 g/mol. The van der Waals surface area contributed by atoms with Gasteiger partial charge < -0.3 is 14.2 Å². The maximum absolute atomic E-state index is 13.4. The first-order valence-electron chi connectivity index (χ1n) is 9.37. The maximum atomic E-state index is 13.4. The summed E-state index contributed by atoms with van der Waals surface area (Å²) in [6, 6.07) is 8.56. The highest BCUT2D eigenvalue weighted by Gasteiger charge is 2.64. The van der Waals surface area contributed by atoms with Crippen LogP contribution in [-0.2, 0) is 20.9 Å². The van der Waals surface area contributed by atoms with E-state index < -0.39 is 11.6 Å². The van der Waals surface area contributed by atoms with E-state index >= 15 is 0 Å². The van der Waals surface area contributed by atoms with E-state index in [1.807, 2.05) is 0 Å². The zero-order chi connectivity index (χ0) is 19.5. The van der Waals surface area contributed by atoms with Crippen LogP contribution in [0.15, 0.2) is 34.9 Å². The minimum Gasteiger partial charge on any atom is -0.456 e. The lowest BCUT2D eigenvalue weighted by molar-refractivity contribution is -0.159. The van der Waals surface area contributed by atoms with E-state index in [0.717, 1.165) is 12.8 Å². The number of aryl methyl sites for hydroxylation is 1. The number of rotatable bonds is 4. The van der Waals surface area contributed by atoms with E-state index in [-0.39, 0.29) is 37.3 Å². The van der Waals surface area contributed by atoms with Crippen LogP contribution in [0.5, 0.6) is 0 Å². The molecule has 2 aliphatic heterocycles. The van der Waals surface area contributed by atoms with Gasteiger partial charge in [0.1, 0.15) is 18.1 Å². The van der Waals surface area contributed by atoms with E-state index in [1.54, 1.807) is 42.2 Å². The standard InChI is InChI=1S/C20H19N3O5/c1-12-10-13(21-28-12)11-27-19(26)20-9-8-17(24)23(20)16-5-3-2-4-15(16)18(25)22(20)14-6-7-14/h2-5,10,14H,6-9,11H2,1H3/t20-/m1/s1. The first-order chi connectivity index (χ1) is 13.5. The number of ether oxygens (including phenoxy) is 1. The second kappa shape index (κ2) is 5.92. The Hall–Kier alpha value is -3.16. The number of fused-ring (bicyclic) bond motifs is 3. The topological polar surface area (TPSA) is 93.0 Å². The molecule has 1 atom stereocenters. The average Bonchev–Trinajstić information content (AvgIpc) is 3.34. The third kappa shape index (κ3) is 2.30. The molecule has 28 heavy (non-hydrogen) atoms. The molecule has 0 radical (unpaired) electrons. The quantitative estimate of drug-likeness (QED) is 0.754. The van der Waals surface area contributed by atoms with E-state index in [4.69, 9.17) is 9.26 Å². The number of amides is 2. The summed E-state index contributed by atoms with van der Waals surface area (Å²) >= 11 is 0. The largest absolute Gasteiger partial charge is 0.456 e. The smallest absolute Gasteiger partial charge is 0.354 e. The number of aromatic nitrogens is 1. The number of para-hydroxylation sites is 1. The van der Waals surface area contributed by atoms with Crippen molar-refractivity contribution in [3.63, 3.8) is 0 Å². The molecule has 3 heterocycles. The highest BCUT2D eigenvalue weighted by molar-refractivity contribution is 6.15. The van der Waals surface area contributed by atoms with Crippen LogP contribution in [-0.4, -0.2) is 39.5 Å². The monoisotopic (exact) mass is 381 g/mol. The Balaban J connectivity index is 1.57. The molecule has 3 aliphatic rings. The molecule has 8 nitrogen and oxygen atoms in total. The second-order valence-electron chi connectivity index (χ2n) is 7.47. The molecule has 2 fully saturated rings. The van der Waals surface area contributed by atoms with Crippen molar-refractivity contribution in [3.8, 4) is 0 Å². The predicted octanol–water partition coefficient (Wildman–Crippen LogP) is 2.17. The minimum atomic E-state index is -1.43. The second-order valence-corrected chi connectivity index (χ2v) is 7.47. The van der Waals surface area contributed by atoms with Gasteiger partial charge in [-0.25, -0.2) is 4.79 Å². The molecular formula is C20H19N3O5. The van der Waals surface area contributed by atoms with Gasteiger partial charge in [-0.2, -0.15) is 0 Å². The average molecular weight is 381 g/mol. The summed E-state index contributed by atoms with van der Waals surface area (Å²) in [5.41, 5.74) is -0.0254. The fourth-order valence-electron chi connectivity index (χ4n) is 4.25. The minimum absolute atomic E-state index is 0.0592. The summed E-state index contributed by atoms with van der Waals surface area (Å²) in [6.45, 7) is 1.67. The SMILES string of the molecule is Cc1cc(COC(=O)[C@@]23CCC(=O)N2c2ccccc2C(=O)N3C2CC2)no1. The lowest BCUT2D eigenvalue weighted by Gasteiger charge is -2.48. The van der Waals surface area contributed by atoms with E-state index in [1.165, 1.54) is 4.90 Å². The van der Waals surface area contributed by atoms with Crippen LogP contribution in [0.25, 0.3) is 0 Å². The summed E-state index contributed by atoms with van der Waals surface area (Å²) in [7, 11) is 0. The van der Waals surface area contributed by atoms with Crippen molar-refractivity contribution in [1.29, 1.82) is 0 Å². The van der Waals surface area contributed by atoms with Crippen LogP contribution in [0, 0.1) is 6.92 Å². The van der Waals surface area contributed by atoms with Crippen molar-refractivity contribution < 1.29 is 23.6 Å². The van der Waals surface area contributed by atoms with Gasteiger partial charge in [0.2, 0.25) is 11.6 Å². The Kier molecular flexibility index (Phi) is 3.59. The number of carbonyl (C=O) groups is 3. The van der Waals surface area contributed by atoms with Crippen molar-refractivity contribution in [2.24, 2.45) is 0 Å². The van der Waals surface area contributed by atoms with Gasteiger partial charge in [-0.05, 0) is 31.9 Å². The molecule has 1 saturated heterocycles. The molecule has 0 spiro atoms. The van der Waals surface area contributed by atoms with Crippen molar-refractivity contribution >= 4 is 23.5 Å². The lowest BCUT2D eigenvalue weighted by atomic mass is 9.96. The van der Waals surface area contributed by atoms with Gasteiger partial charge >= 0.3 is 5.97 Å². The van der Waals surface area contributed by atoms with Crippen LogP contribution in [0.4, 0.5) is 5.69 Å². The summed E-state index contributed by atoms with van der Waals surface area (Å²) in [5.74, 6) is -0.393. The Bertz CT molecular complexity index is 995. The molecule has 2 aromatic rings. The number of esters is 1. The zero-order valence-corrected chi connectivity index (χ0v) is 15.4. The molecule has 1 aliphatic carbocycles. The molecule has 5 rings (SSSR count). The first kappa shape index (κ1) is 17.0. The fourth-order valence-corrected chi connectivity index (χ4v) is 4.25. The van der Waals surface area contributed by atoms with Gasteiger partial charge in [0.15, 0.2) is 0 Å². The van der Waals surface area contributed by atoms with Gasteiger partial charge in [-0.15, -0.1) is 0 Å². The van der Waals surface area contributed by atoms with Crippen molar-refractivity contribution in [3.05, 3.63) is 47.3 Å². The molecule has 1 aromatic heterocycles. The van der Waals surface area contributed by atoms with Crippen molar-refractivity contribution in [1.82, 2.24) is 10.1 Å². The molecule has 1 aromatic carbocycles. The van der Waals surface area contributed by atoms with Crippen LogP contribution >= 0.6 is 0 Å². The van der Waals surface area contributed by atoms with Gasteiger partial charge in [0.05, 0.1) is 11.3 Å². The van der Waals surface area contributed by atoms with Gasteiger partial charge in [0, 0.05) is 24.9 Å². The molecule has 0 N–H and O–H groups in total. The molecule has 144 valence electrons. The summed E-state index contributed by atoms with van der Waals surface area (Å²) in [4.78, 5) is 42.5. The fraction of sp³-hybridized carbons (Fsp3) is 0.400. The predicted molar refractivity (Wildman–Crippen MR) is 96.1 cm³/mol. The molecule has 0 unspecified atom stereocenters. The third-order valence-corrected chi connectivity index (χ3v) is 5.57. The van der Waals surface area contributed by atoms with Crippen LogP contribution in [0.3, 0.4) is 0 Å². The zero-order valence-electron chi connectivity index (χ0n) is 15.4. The number of hydrogen-bond acceptors (Lipinski definition) is 6. The van der Waals surface area contributed by atoms with Gasteiger partial charge in [-0.1, -0.05) is 17.3 Å². The summed E-state index contributed by atoms with van der Waals surface area (Å²) in [6.07, 6.45) is 2.03. The Labute approximate surface area is 161 Å². The number of carbonyl (C=O) groups excluding carboxylic acids is 3. The van der Waals surface area contributed by atoms with Crippen LogP contribution in [0.1, 0.15) is 47.5 Å². The molecule has 1 saturated carbocycles. The highest BCUT2D eigenvalue weighted by Crippen LogP contribution is 2.49. The summed E-state index contributed by atoms with van der Waals surface area (Å²) < 4.78 is 10.6. The highest BCUT2D eigenvalue weighted by atomic mass is 16.5. The van der Waals surface area contributed by atoms with E-state index in [2.05, 4.69) is 5.16 Å². The summed E-state index contributed by atoms with van der Waals surface area (Å²) in [5, 5.41) is 3.84. The van der Waals surface area contributed by atoms with Crippen molar-refractivity contribution in [2.45, 2.75) is 50.9 Å². The van der Waals surface area contributed by atoms with Crippen LogP contribution < -0.4 is 4.90 Å². The number of benzene rings is 1. The van der Waals surface area contributed by atoms with E-state index in [9.17, 15) is 14.4 Å². The normalized spacial score (nSPS) is 23.6. The van der Waals surface area contributed by atoms with Gasteiger partial charge in [-0.3, -0.25) is 14.5 Å². The molecule has 0 bridgehead atoms. The maximum Gasteiger partial charge on any atom is 0.354 e. The van der Waals surface area contributed by atoms with E-state index in [0.29, 0.717) is 22.7 Å². The Morgan fingerprint density at radius 2 is 2.11 bits per heavy atom. The van der Waals surface area contributed by atoms with Gasteiger partial charge in [0.25, 0.3) is 5.91 Å². The van der Waals surface area contributed by atoms with Crippen LogP contribution in [0.2, 0.25) is 0 Å². The lowest BCUT2D eigenvalue weighted by Crippen LogP contribution is -2.69. The third-order valence-electron chi connectivity index (χ3n) is 5.57. The molecule has 8 heteroatoms. The Morgan fingerprint density at radius 3 is 2.82 bits per heavy atom. The number of nitrogens with zero attached hydrogens (tertiary/aromatic N) is 3. The Morgan fingerprint density at radius 1 is 1.32 bits per heavy atom.